The summed E-state index contributed by atoms with van der Waals surface area (Å²) in [5.74, 6) is 0.867. The van der Waals surface area contributed by atoms with Crippen LogP contribution in [-0.2, 0) is 0 Å². The molecule has 0 saturated carbocycles. The second-order valence-corrected chi connectivity index (χ2v) is 14.8. The molecule has 4 heteroatoms. The Balaban J connectivity index is 1.24. The Morgan fingerprint density at radius 1 is 0.281 bits per heavy atom. The summed E-state index contributed by atoms with van der Waals surface area (Å²) in [5, 5.41) is 7.29. The topological polar surface area (TPSA) is 27.7 Å². The van der Waals surface area contributed by atoms with E-state index < -0.39 is 0 Å². The standard InChI is InChI=1S/C53H34N4/c1-3-16-35(17-4-1)36-18-15-19-37(32-36)46-33-39(34-51(54-46)57-49-28-13-7-22-40(49)41-23-8-14-29-50(41)57)56-48-27-12-10-25-43(48)45-31-30-44-42-24-9-11-26-47(42)55(52(44)53(45)56)38-20-5-2-6-21-38/h1-34H. The monoisotopic (exact) mass is 726 g/mol. The molecule has 57 heavy (non-hydrogen) atoms. The number of aromatic nitrogens is 4. The lowest BCUT2D eigenvalue weighted by molar-refractivity contribution is 1.06. The number of benzene rings is 8. The fourth-order valence-electron chi connectivity index (χ4n) is 9.17. The molecule has 0 aliphatic heterocycles. The summed E-state index contributed by atoms with van der Waals surface area (Å²) < 4.78 is 7.26. The summed E-state index contributed by atoms with van der Waals surface area (Å²) >= 11 is 0. The van der Waals surface area contributed by atoms with Crippen LogP contribution in [0, 0.1) is 0 Å². The first-order valence-electron chi connectivity index (χ1n) is 19.5. The van der Waals surface area contributed by atoms with Crippen LogP contribution in [0.25, 0.3) is 105 Å². The van der Waals surface area contributed by atoms with Gasteiger partial charge in [-0.05, 0) is 59.7 Å². The lowest BCUT2D eigenvalue weighted by Crippen LogP contribution is -2.04. The quantitative estimate of drug-likeness (QED) is 0.174. The van der Waals surface area contributed by atoms with Crippen molar-refractivity contribution in [1.29, 1.82) is 0 Å². The molecule has 0 N–H and O–H groups in total. The highest BCUT2D eigenvalue weighted by Gasteiger charge is 2.23. The summed E-state index contributed by atoms with van der Waals surface area (Å²) in [6.07, 6.45) is 0. The normalized spacial score (nSPS) is 11.9. The average Bonchev–Trinajstić information content (AvgIpc) is 3.93. The molecule has 4 nitrogen and oxygen atoms in total. The zero-order valence-corrected chi connectivity index (χ0v) is 30.9. The van der Waals surface area contributed by atoms with E-state index in [4.69, 9.17) is 4.98 Å². The first-order chi connectivity index (χ1) is 28.3. The van der Waals surface area contributed by atoms with Gasteiger partial charge in [-0.2, -0.15) is 0 Å². The van der Waals surface area contributed by atoms with E-state index in [2.05, 4.69) is 220 Å². The maximum absolute atomic E-state index is 5.56. The molecule has 266 valence electrons. The predicted molar refractivity (Wildman–Crippen MR) is 238 cm³/mol. The zero-order chi connectivity index (χ0) is 37.5. The first-order valence-corrected chi connectivity index (χ1v) is 19.5. The van der Waals surface area contributed by atoms with Gasteiger partial charge in [0.2, 0.25) is 0 Å². The van der Waals surface area contributed by atoms with Crippen LogP contribution >= 0.6 is 0 Å². The van der Waals surface area contributed by atoms with Crippen LogP contribution in [0.5, 0.6) is 0 Å². The maximum Gasteiger partial charge on any atom is 0.140 e. The Labute approximate surface area is 328 Å². The minimum atomic E-state index is 0.867. The van der Waals surface area contributed by atoms with Crippen molar-refractivity contribution in [3.63, 3.8) is 0 Å². The van der Waals surface area contributed by atoms with E-state index in [1.807, 2.05) is 0 Å². The Bertz CT molecular complexity index is 3460. The minimum absolute atomic E-state index is 0.867. The van der Waals surface area contributed by atoms with E-state index >= 15 is 0 Å². The Morgan fingerprint density at radius 2 is 0.719 bits per heavy atom. The molecule has 0 bridgehead atoms. The van der Waals surface area contributed by atoms with Gasteiger partial charge in [-0.25, -0.2) is 4.98 Å². The van der Waals surface area contributed by atoms with Crippen LogP contribution < -0.4 is 0 Å². The molecule has 0 atom stereocenters. The van der Waals surface area contributed by atoms with Crippen LogP contribution in [0.15, 0.2) is 206 Å². The van der Waals surface area contributed by atoms with Crippen molar-refractivity contribution < 1.29 is 0 Å². The van der Waals surface area contributed by atoms with Gasteiger partial charge >= 0.3 is 0 Å². The average molecular weight is 727 g/mol. The molecule has 8 aromatic carbocycles. The number of fused-ring (bicyclic) bond motifs is 10. The van der Waals surface area contributed by atoms with Crippen molar-refractivity contribution in [3.05, 3.63) is 206 Å². The zero-order valence-electron chi connectivity index (χ0n) is 30.9. The minimum Gasteiger partial charge on any atom is -0.307 e. The van der Waals surface area contributed by atoms with E-state index in [1.54, 1.807) is 0 Å². The van der Waals surface area contributed by atoms with Crippen molar-refractivity contribution >= 4 is 65.4 Å². The van der Waals surface area contributed by atoms with Crippen molar-refractivity contribution in [2.24, 2.45) is 0 Å². The lowest BCUT2D eigenvalue weighted by Gasteiger charge is -2.16. The molecule has 12 rings (SSSR count). The first kappa shape index (κ1) is 31.6. The molecule has 0 amide bonds. The summed E-state index contributed by atoms with van der Waals surface area (Å²) in [6, 6.07) is 74.3. The van der Waals surface area contributed by atoms with Crippen LogP contribution in [0.4, 0.5) is 0 Å². The van der Waals surface area contributed by atoms with Crippen LogP contribution in [0.1, 0.15) is 0 Å². The molecule has 0 aliphatic carbocycles. The van der Waals surface area contributed by atoms with Gasteiger partial charge in [-0.3, -0.25) is 4.57 Å². The smallest absolute Gasteiger partial charge is 0.140 e. The third-order valence-corrected chi connectivity index (χ3v) is 11.6. The molecule has 4 heterocycles. The Kier molecular flexibility index (Phi) is 6.89. The summed E-state index contributed by atoms with van der Waals surface area (Å²) in [5.41, 5.74) is 13.4. The maximum atomic E-state index is 5.56. The van der Waals surface area contributed by atoms with E-state index in [-0.39, 0.29) is 0 Å². The molecular formula is C53H34N4. The number of hydrogen-bond donors (Lipinski definition) is 0. The van der Waals surface area contributed by atoms with Gasteiger partial charge in [0.25, 0.3) is 0 Å². The van der Waals surface area contributed by atoms with Gasteiger partial charge in [0.15, 0.2) is 0 Å². The molecular weight excluding hydrogens is 693 g/mol. The molecule has 0 radical (unpaired) electrons. The molecule has 0 fully saturated rings. The predicted octanol–water partition coefficient (Wildman–Crippen LogP) is 13.7. The number of para-hydroxylation sites is 5. The Hall–Kier alpha value is -7.69. The second-order valence-electron chi connectivity index (χ2n) is 14.8. The lowest BCUT2D eigenvalue weighted by atomic mass is 10.0. The molecule has 0 unspecified atom stereocenters. The van der Waals surface area contributed by atoms with E-state index in [1.165, 1.54) is 48.9 Å². The third kappa shape index (κ3) is 4.77. The molecule has 4 aromatic heterocycles. The summed E-state index contributed by atoms with van der Waals surface area (Å²) in [7, 11) is 0. The third-order valence-electron chi connectivity index (χ3n) is 11.6. The van der Waals surface area contributed by atoms with Crippen molar-refractivity contribution in [3.8, 4) is 39.6 Å². The highest BCUT2D eigenvalue weighted by Crippen LogP contribution is 2.43. The number of nitrogens with zero attached hydrogens (tertiary/aromatic N) is 4. The van der Waals surface area contributed by atoms with Crippen molar-refractivity contribution in [2.75, 3.05) is 0 Å². The number of hydrogen-bond acceptors (Lipinski definition) is 1. The van der Waals surface area contributed by atoms with Gasteiger partial charge in [0.05, 0.1) is 44.5 Å². The van der Waals surface area contributed by atoms with Crippen LogP contribution in [0.3, 0.4) is 0 Å². The van der Waals surface area contributed by atoms with Gasteiger partial charge in [-0.1, -0.05) is 152 Å². The van der Waals surface area contributed by atoms with Gasteiger partial charge in [-0.15, -0.1) is 0 Å². The van der Waals surface area contributed by atoms with Gasteiger partial charge in [0, 0.05) is 49.6 Å². The highest BCUT2D eigenvalue weighted by molar-refractivity contribution is 6.24. The van der Waals surface area contributed by atoms with Gasteiger partial charge < -0.3 is 9.13 Å². The second kappa shape index (κ2) is 12.4. The molecule has 0 aliphatic rings. The number of rotatable bonds is 5. The van der Waals surface area contributed by atoms with E-state index in [0.717, 1.165) is 56.1 Å². The van der Waals surface area contributed by atoms with E-state index in [9.17, 15) is 0 Å². The number of pyridine rings is 1. The fraction of sp³-hybridized carbons (Fsp3) is 0. The summed E-state index contributed by atoms with van der Waals surface area (Å²) in [4.78, 5) is 5.56. The van der Waals surface area contributed by atoms with Crippen molar-refractivity contribution in [1.82, 2.24) is 18.7 Å². The molecule has 12 aromatic rings. The molecule has 0 saturated heterocycles. The molecule has 0 spiro atoms. The van der Waals surface area contributed by atoms with Gasteiger partial charge in [0.1, 0.15) is 5.82 Å². The highest BCUT2D eigenvalue weighted by atomic mass is 15.1. The van der Waals surface area contributed by atoms with Crippen molar-refractivity contribution in [2.45, 2.75) is 0 Å². The SMILES string of the molecule is c1ccc(-c2cccc(-c3cc(-n4c5ccccc5c5ccc6c7ccccc7n(-c7ccccc7)c6c54)cc(-n4c5ccccc5c5ccccc54)n3)c2)cc1. The van der Waals surface area contributed by atoms with Crippen LogP contribution in [0.2, 0.25) is 0 Å². The Morgan fingerprint density at radius 3 is 1.30 bits per heavy atom. The van der Waals surface area contributed by atoms with Crippen LogP contribution in [-0.4, -0.2) is 18.7 Å². The fourth-order valence-corrected chi connectivity index (χ4v) is 9.17. The summed E-state index contributed by atoms with van der Waals surface area (Å²) in [6.45, 7) is 0. The largest absolute Gasteiger partial charge is 0.307 e. The van der Waals surface area contributed by atoms with E-state index in [0.29, 0.717) is 0 Å².